The van der Waals surface area contributed by atoms with Crippen LogP contribution in [0.15, 0.2) is 58.0 Å². The van der Waals surface area contributed by atoms with Crippen LogP contribution in [0, 0.1) is 0 Å². The van der Waals surface area contributed by atoms with Gasteiger partial charge in [0.2, 0.25) is 15.9 Å². The number of anilines is 1. The second-order valence-electron chi connectivity index (χ2n) is 10.6. The van der Waals surface area contributed by atoms with Crippen molar-refractivity contribution in [3.8, 4) is 0 Å². The lowest BCUT2D eigenvalue weighted by atomic mass is 9.91. The van der Waals surface area contributed by atoms with Crippen LogP contribution in [-0.2, 0) is 27.7 Å². The summed E-state index contributed by atoms with van der Waals surface area (Å²) in [6.07, 6.45) is 13.3. The Kier molecular flexibility index (Phi) is 8.01. The average molecular weight is 523 g/mol. The van der Waals surface area contributed by atoms with Gasteiger partial charge in [0.25, 0.3) is 0 Å². The van der Waals surface area contributed by atoms with Gasteiger partial charge < -0.3 is 9.73 Å². The molecular formula is C30H38N2O4S. The molecule has 0 radical (unpaired) electrons. The molecule has 0 unspecified atom stereocenters. The summed E-state index contributed by atoms with van der Waals surface area (Å²) >= 11 is 0. The number of fused-ring (bicyclic) bond motifs is 1. The van der Waals surface area contributed by atoms with E-state index in [1.807, 2.05) is 16.4 Å². The van der Waals surface area contributed by atoms with E-state index in [1.54, 1.807) is 30.5 Å². The molecule has 1 aromatic heterocycles. The Bertz CT molecular complexity index is 1300. The number of furan rings is 1. The SMILES string of the molecule is CCc1ccc2occ(CC(=O)Nc3ccc(S(=O)(=O)N(C4CCCCC4)C4CCCCC4)cc3)c2c1. The van der Waals surface area contributed by atoms with Gasteiger partial charge in [-0.25, -0.2) is 8.42 Å². The maximum atomic E-state index is 13.9. The smallest absolute Gasteiger partial charge is 0.243 e. The summed E-state index contributed by atoms with van der Waals surface area (Å²) in [7, 11) is -3.61. The normalized spacial score (nSPS) is 17.9. The van der Waals surface area contributed by atoms with Gasteiger partial charge in [-0.05, 0) is 74.1 Å². The molecule has 198 valence electrons. The van der Waals surface area contributed by atoms with Crippen molar-refractivity contribution in [3.63, 3.8) is 0 Å². The Morgan fingerprint density at radius 1 is 0.919 bits per heavy atom. The molecule has 5 rings (SSSR count). The average Bonchev–Trinajstić information content (AvgIpc) is 3.31. The van der Waals surface area contributed by atoms with Crippen molar-refractivity contribution < 1.29 is 17.6 Å². The summed E-state index contributed by atoms with van der Waals surface area (Å²) in [6, 6.07) is 12.9. The number of sulfonamides is 1. The molecule has 3 aromatic rings. The molecule has 0 spiro atoms. The molecule has 37 heavy (non-hydrogen) atoms. The van der Waals surface area contributed by atoms with E-state index < -0.39 is 10.0 Å². The number of nitrogens with zero attached hydrogens (tertiary/aromatic N) is 1. The first kappa shape index (κ1) is 26.0. The van der Waals surface area contributed by atoms with E-state index in [2.05, 4.69) is 18.3 Å². The zero-order valence-corrected chi connectivity index (χ0v) is 22.6. The van der Waals surface area contributed by atoms with Gasteiger partial charge in [-0.1, -0.05) is 51.5 Å². The topological polar surface area (TPSA) is 79.6 Å². The number of benzene rings is 2. The first-order valence-electron chi connectivity index (χ1n) is 13.9. The number of hydrogen-bond donors (Lipinski definition) is 1. The third-order valence-electron chi connectivity index (χ3n) is 8.06. The van der Waals surface area contributed by atoms with Crippen LogP contribution in [0.2, 0.25) is 0 Å². The number of nitrogens with one attached hydrogen (secondary N) is 1. The molecule has 2 saturated carbocycles. The highest BCUT2D eigenvalue weighted by Crippen LogP contribution is 2.35. The summed E-state index contributed by atoms with van der Waals surface area (Å²) in [4.78, 5) is 13.1. The van der Waals surface area contributed by atoms with Gasteiger partial charge >= 0.3 is 0 Å². The van der Waals surface area contributed by atoms with Crippen LogP contribution >= 0.6 is 0 Å². The summed E-state index contributed by atoms with van der Waals surface area (Å²) in [5, 5.41) is 3.88. The van der Waals surface area contributed by atoms with Crippen LogP contribution in [-0.4, -0.2) is 30.7 Å². The maximum Gasteiger partial charge on any atom is 0.243 e. The van der Waals surface area contributed by atoms with Crippen molar-refractivity contribution in [2.45, 2.75) is 101 Å². The molecule has 2 aliphatic carbocycles. The van der Waals surface area contributed by atoms with E-state index in [9.17, 15) is 13.2 Å². The fourth-order valence-electron chi connectivity index (χ4n) is 6.06. The van der Waals surface area contributed by atoms with Gasteiger partial charge in [-0.3, -0.25) is 4.79 Å². The van der Waals surface area contributed by atoms with Gasteiger partial charge in [0.1, 0.15) is 5.58 Å². The molecule has 7 heteroatoms. The molecule has 1 heterocycles. The van der Waals surface area contributed by atoms with Crippen LogP contribution in [0.1, 0.15) is 82.3 Å². The van der Waals surface area contributed by atoms with Gasteiger partial charge in [0.05, 0.1) is 17.6 Å². The predicted octanol–water partition coefficient (Wildman–Crippen LogP) is 6.83. The van der Waals surface area contributed by atoms with Crippen molar-refractivity contribution in [1.82, 2.24) is 4.31 Å². The molecule has 2 aliphatic rings. The fraction of sp³-hybridized carbons (Fsp3) is 0.500. The Hall–Kier alpha value is -2.64. The fourth-order valence-corrected chi connectivity index (χ4v) is 7.99. The Balaban J connectivity index is 1.30. The number of amides is 1. The van der Waals surface area contributed by atoms with Gasteiger partial charge in [0.15, 0.2) is 0 Å². The minimum absolute atomic E-state index is 0.0965. The van der Waals surface area contributed by atoms with Crippen molar-refractivity contribution in [2.75, 3.05) is 5.32 Å². The minimum Gasteiger partial charge on any atom is -0.464 e. The zero-order valence-electron chi connectivity index (χ0n) is 21.7. The maximum absolute atomic E-state index is 13.9. The Labute approximate surface area is 220 Å². The highest BCUT2D eigenvalue weighted by atomic mass is 32.2. The monoisotopic (exact) mass is 522 g/mol. The van der Waals surface area contributed by atoms with Crippen LogP contribution in [0.5, 0.6) is 0 Å². The second-order valence-corrected chi connectivity index (χ2v) is 12.5. The molecule has 0 saturated heterocycles. The highest BCUT2D eigenvalue weighted by molar-refractivity contribution is 7.89. The lowest BCUT2D eigenvalue weighted by Gasteiger charge is -2.40. The van der Waals surface area contributed by atoms with E-state index in [-0.39, 0.29) is 24.4 Å². The summed E-state index contributed by atoms with van der Waals surface area (Å²) in [6.45, 7) is 2.10. The lowest BCUT2D eigenvalue weighted by molar-refractivity contribution is -0.115. The molecule has 1 amide bonds. The summed E-state index contributed by atoms with van der Waals surface area (Å²) in [5.74, 6) is -0.161. The third-order valence-corrected chi connectivity index (χ3v) is 10.1. The second kappa shape index (κ2) is 11.4. The number of rotatable bonds is 8. The number of aryl methyl sites for hydroxylation is 1. The van der Waals surface area contributed by atoms with Crippen LogP contribution in [0.25, 0.3) is 11.0 Å². The van der Waals surface area contributed by atoms with E-state index in [0.29, 0.717) is 10.6 Å². The molecule has 0 aliphatic heterocycles. The van der Waals surface area contributed by atoms with E-state index >= 15 is 0 Å². The molecule has 0 bridgehead atoms. The Morgan fingerprint density at radius 2 is 1.54 bits per heavy atom. The van der Waals surface area contributed by atoms with Crippen LogP contribution in [0.4, 0.5) is 5.69 Å². The summed E-state index contributed by atoms with van der Waals surface area (Å²) in [5.41, 5.74) is 3.41. The van der Waals surface area contributed by atoms with E-state index in [0.717, 1.165) is 74.3 Å². The largest absolute Gasteiger partial charge is 0.464 e. The molecule has 2 aromatic carbocycles. The highest BCUT2D eigenvalue weighted by Gasteiger charge is 2.38. The van der Waals surface area contributed by atoms with Gasteiger partial charge in [-0.15, -0.1) is 0 Å². The molecule has 1 N–H and O–H groups in total. The van der Waals surface area contributed by atoms with Crippen molar-refractivity contribution >= 4 is 32.6 Å². The third kappa shape index (κ3) is 5.78. The number of carbonyl (C=O) groups excluding carboxylic acids is 1. The molecule has 0 atom stereocenters. The molecule has 2 fully saturated rings. The Morgan fingerprint density at radius 3 is 2.14 bits per heavy atom. The molecule has 6 nitrogen and oxygen atoms in total. The van der Waals surface area contributed by atoms with Gasteiger partial charge in [-0.2, -0.15) is 4.31 Å². The van der Waals surface area contributed by atoms with Crippen molar-refractivity contribution in [1.29, 1.82) is 0 Å². The van der Waals surface area contributed by atoms with Gasteiger partial charge in [0, 0.05) is 28.7 Å². The quantitative estimate of drug-likeness (QED) is 0.352. The van der Waals surface area contributed by atoms with Crippen molar-refractivity contribution in [3.05, 3.63) is 59.9 Å². The summed E-state index contributed by atoms with van der Waals surface area (Å²) < 4.78 is 35.3. The minimum atomic E-state index is -3.61. The lowest BCUT2D eigenvalue weighted by Crippen LogP contribution is -2.48. The molecular weight excluding hydrogens is 484 g/mol. The first-order chi connectivity index (χ1) is 18.0. The van der Waals surface area contributed by atoms with Crippen molar-refractivity contribution in [2.24, 2.45) is 0 Å². The zero-order chi connectivity index (χ0) is 25.8. The predicted molar refractivity (Wildman–Crippen MR) is 147 cm³/mol. The van der Waals surface area contributed by atoms with Crippen LogP contribution < -0.4 is 5.32 Å². The number of carbonyl (C=O) groups is 1. The van der Waals surface area contributed by atoms with E-state index in [4.69, 9.17) is 4.42 Å². The standard InChI is InChI=1S/C30H38N2O4S/c1-2-22-13-18-29-28(19-22)23(21-36-29)20-30(33)31-24-14-16-27(17-15-24)37(34,35)32(25-9-5-3-6-10-25)26-11-7-4-8-12-26/h13-19,21,25-26H,2-12,20H2,1H3,(H,31,33). The van der Waals surface area contributed by atoms with Crippen LogP contribution in [0.3, 0.4) is 0 Å². The first-order valence-corrected chi connectivity index (χ1v) is 15.3. The number of hydrogen-bond acceptors (Lipinski definition) is 4. The van der Waals surface area contributed by atoms with E-state index in [1.165, 1.54) is 18.4 Å².